The van der Waals surface area contributed by atoms with E-state index in [-0.39, 0.29) is 24.3 Å². The van der Waals surface area contributed by atoms with Gasteiger partial charge < -0.3 is 14.4 Å². The van der Waals surface area contributed by atoms with E-state index in [1.54, 1.807) is 29.2 Å². The SMILES string of the molecule is COC(=O)C1CCN(C(=O)CN(c2ccc(OC)cc2)S(C)(=O)=O)CC1. The van der Waals surface area contributed by atoms with Gasteiger partial charge in [0.25, 0.3) is 0 Å². The molecule has 1 amide bonds. The average Bonchev–Trinajstić information content (AvgIpc) is 2.64. The number of amides is 1. The molecule has 0 saturated carbocycles. The van der Waals surface area contributed by atoms with Gasteiger partial charge in [-0.1, -0.05) is 0 Å². The Morgan fingerprint density at radius 1 is 1.15 bits per heavy atom. The van der Waals surface area contributed by atoms with Crippen molar-refractivity contribution in [3.8, 4) is 5.75 Å². The average molecular weight is 384 g/mol. The van der Waals surface area contributed by atoms with Crippen molar-refractivity contribution in [2.75, 3.05) is 44.4 Å². The van der Waals surface area contributed by atoms with Gasteiger partial charge in [-0.2, -0.15) is 0 Å². The zero-order valence-corrected chi connectivity index (χ0v) is 16.0. The number of methoxy groups -OCH3 is 2. The summed E-state index contributed by atoms with van der Waals surface area (Å²) in [7, 11) is -0.764. The number of esters is 1. The monoisotopic (exact) mass is 384 g/mol. The van der Waals surface area contributed by atoms with Gasteiger partial charge in [-0.25, -0.2) is 8.42 Å². The van der Waals surface area contributed by atoms with Crippen LogP contribution in [0.25, 0.3) is 0 Å². The predicted molar refractivity (Wildman–Crippen MR) is 96.5 cm³/mol. The predicted octanol–water partition coefficient (Wildman–Crippen LogP) is 0.873. The Labute approximate surface area is 153 Å². The van der Waals surface area contributed by atoms with Gasteiger partial charge in [0.2, 0.25) is 15.9 Å². The van der Waals surface area contributed by atoms with Crippen molar-refractivity contribution in [2.24, 2.45) is 5.92 Å². The van der Waals surface area contributed by atoms with Gasteiger partial charge in [0.15, 0.2) is 0 Å². The highest BCUT2D eigenvalue weighted by molar-refractivity contribution is 7.92. The number of benzene rings is 1. The van der Waals surface area contributed by atoms with Gasteiger partial charge in [0, 0.05) is 13.1 Å². The number of rotatable bonds is 6. The van der Waals surface area contributed by atoms with Crippen LogP contribution in [0.5, 0.6) is 5.75 Å². The molecular formula is C17H24N2O6S. The van der Waals surface area contributed by atoms with E-state index in [9.17, 15) is 18.0 Å². The number of sulfonamides is 1. The van der Waals surface area contributed by atoms with Crippen molar-refractivity contribution in [1.29, 1.82) is 0 Å². The lowest BCUT2D eigenvalue weighted by molar-refractivity contribution is -0.148. The van der Waals surface area contributed by atoms with Gasteiger partial charge in [0.05, 0.1) is 32.1 Å². The number of hydrogen-bond acceptors (Lipinski definition) is 6. The van der Waals surface area contributed by atoms with Crippen molar-refractivity contribution in [3.05, 3.63) is 24.3 Å². The smallest absolute Gasteiger partial charge is 0.308 e. The maximum Gasteiger partial charge on any atom is 0.308 e. The van der Waals surface area contributed by atoms with Gasteiger partial charge >= 0.3 is 5.97 Å². The number of nitrogens with zero attached hydrogens (tertiary/aromatic N) is 2. The van der Waals surface area contributed by atoms with E-state index in [0.717, 1.165) is 10.6 Å². The number of ether oxygens (including phenoxy) is 2. The van der Waals surface area contributed by atoms with Crippen molar-refractivity contribution in [1.82, 2.24) is 4.90 Å². The Hall–Kier alpha value is -2.29. The van der Waals surface area contributed by atoms with Crippen LogP contribution >= 0.6 is 0 Å². The van der Waals surface area contributed by atoms with Crippen molar-refractivity contribution in [2.45, 2.75) is 12.8 Å². The fourth-order valence-electron chi connectivity index (χ4n) is 2.90. The lowest BCUT2D eigenvalue weighted by atomic mass is 9.97. The standard InChI is InChI=1S/C17H24N2O6S/c1-24-15-6-4-14(5-7-15)19(26(3,22)23)12-16(20)18-10-8-13(9-11-18)17(21)25-2/h4-7,13H,8-12H2,1-3H3. The fourth-order valence-corrected chi connectivity index (χ4v) is 3.75. The first-order valence-corrected chi connectivity index (χ1v) is 10.1. The van der Waals surface area contributed by atoms with Crippen LogP contribution in [0.2, 0.25) is 0 Å². The summed E-state index contributed by atoms with van der Waals surface area (Å²) in [5.74, 6) is -0.183. The largest absolute Gasteiger partial charge is 0.497 e. The highest BCUT2D eigenvalue weighted by Crippen LogP contribution is 2.23. The minimum atomic E-state index is -3.63. The van der Waals surface area contributed by atoms with E-state index < -0.39 is 10.0 Å². The maximum atomic E-state index is 12.6. The van der Waals surface area contributed by atoms with Crippen LogP contribution in [0, 0.1) is 5.92 Å². The summed E-state index contributed by atoms with van der Waals surface area (Å²) >= 11 is 0. The molecule has 144 valence electrons. The van der Waals surface area contributed by atoms with Crippen molar-refractivity contribution >= 4 is 27.6 Å². The molecule has 0 aliphatic carbocycles. The molecule has 1 aliphatic heterocycles. The van der Waals surface area contributed by atoms with E-state index in [0.29, 0.717) is 37.4 Å². The number of hydrogen-bond donors (Lipinski definition) is 0. The van der Waals surface area contributed by atoms with Crippen LogP contribution in [0.3, 0.4) is 0 Å². The minimum absolute atomic E-state index is 0.211. The van der Waals surface area contributed by atoms with Gasteiger partial charge in [0.1, 0.15) is 12.3 Å². The third-order valence-electron chi connectivity index (χ3n) is 4.42. The molecule has 1 aromatic carbocycles. The lowest BCUT2D eigenvalue weighted by Gasteiger charge is -2.32. The first-order chi connectivity index (χ1) is 12.3. The molecule has 0 bridgehead atoms. The molecule has 0 atom stereocenters. The summed E-state index contributed by atoms with van der Waals surface area (Å²) in [6, 6.07) is 6.47. The Kier molecular flexibility index (Phi) is 6.47. The summed E-state index contributed by atoms with van der Waals surface area (Å²) < 4.78 is 35.2. The second-order valence-corrected chi connectivity index (χ2v) is 8.05. The van der Waals surface area contributed by atoms with Crippen LogP contribution in [-0.4, -0.2) is 65.3 Å². The van der Waals surface area contributed by atoms with E-state index in [1.165, 1.54) is 14.2 Å². The van der Waals surface area contributed by atoms with E-state index in [2.05, 4.69) is 0 Å². The molecule has 1 heterocycles. The molecule has 0 radical (unpaired) electrons. The Bertz CT molecular complexity index is 739. The Morgan fingerprint density at radius 2 is 1.73 bits per heavy atom. The van der Waals surface area contributed by atoms with Crippen LogP contribution in [-0.2, 0) is 24.3 Å². The third-order valence-corrected chi connectivity index (χ3v) is 5.56. The van der Waals surface area contributed by atoms with Crippen LogP contribution in [0.15, 0.2) is 24.3 Å². The van der Waals surface area contributed by atoms with Crippen molar-refractivity contribution in [3.63, 3.8) is 0 Å². The quantitative estimate of drug-likeness (QED) is 0.676. The van der Waals surface area contributed by atoms with Gasteiger partial charge in [-0.05, 0) is 37.1 Å². The summed E-state index contributed by atoms with van der Waals surface area (Å²) in [4.78, 5) is 25.7. The van der Waals surface area contributed by atoms with Crippen LogP contribution in [0.4, 0.5) is 5.69 Å². The number of piperidine rings is 1. The molecule has 1 fully saturated rings. The Balaban J connectivity index is 2.07. The molecule has 0 unspecified atom stereocenters. The minimum Gasteiger partial charge on any atom is -0.497 e. The van der Waals surface area contributed by atoms with Gasteiger partial charge in [-0.3, -0.25) is 13.9 Å². The highest BCUT2D eigenvalue weighted by Gasteiger charge is 2.30. The second-order valence-electron chi connectivity index (χ2n) is 6.15. The molecule has 8 nitrogen and oxygen atoms in total. The van der Waals surface area contributed by atoms with E-state index in [4.69, 9.17) is 9.47 Å². The van der Waals surface area contributed by atoms with Gasteiger partial charge in [-0.15, -0.1) is 0 Å². The van der Waals surface area contributed by atoms with Crippen LogP contribution < -0.4 is 9.04 Å². The normalized spacial score (nSPS) is 15.4. The fraction of sp³-hybridized carbons (Fsp3) is 0.529. The number of likely N-dealkylation sites (tertiary alicyclic amines) is 1. The molecule has 0 spiro atoms. The van der Waals surface area contributed by atoms with E-state index >= 15 is 0 Å². The summed E-state index contributed by atoms with van der Waals surface area (Å²) in [5, 5.41) is 0. The Morgan fingerprint density at radius 3 is 2.19 bits per heavy atom. The number of carbonyl (C=O) groups excluding carboxylic acids is 2. The summed E-state index contributed by atoms with van der Waals surface area (Å²) in [6.07, 6.45) is 2.09. The zero-order chi connectivity index (χ0) is 19.3. The molecule has 26 heavy (non-hydrogen) atoms. The summed E-state index contributed by atoms with van der Waals surface area (Å²) in [5.41, 5.74) is 0.395. The molecule has 1 saturated heterocycles. The topological polar surface area (TPSA) is 93.2 Å². The number of carbonyl (C=O) groups is 2. The highest BCUT2D eigenvalue weighted by atomic mass is 32.2. The molecule has 2 rings (SSSR count). The summed E-state index contributed by atoms with van der Waals surface area (Å²) in [6.45, 7) is 0.520. The molecule has 0 N–H and O–H groups in total. The molecule has 1 aliphatic rings. The van der Waals surface area contributed by atoms with Crippen LogP contribution in [0.1, 0.15) is 12.8 Å². The molecule has 9 heteroatoms. The van der Waals surface area contributed by atoms with E-state index in [1.807, 2.05) is 0 Å². The molecule has 1 aromatic rings. The first-order valence-electron chi connectivity index (χ1n) is 8.23. The zero-order valence-electron chi connectivity index (χ0n) is 15.2. The maximum absolute atomic E-state index is 12.6. The number of anilines is 1. The molecule has 0 aromatic heterocycles. The first kappa shape index (κ1) is 20.0. The molecular weight excluding hydrogens is 360 g/mol. The van der Waals surface area contributed by atoms with Crippen molar-refractivity contribution < 1.29 is 27.5 Å². The second kappa shape index (κ2) is 8.39. The lowest BCUT2D eigenvalue weighted by Crippen LogP contribution is -2.46. The third kappa shape index (κ3) is 4.87.